The summed E-state index contributed by atoms with van der Waals surface area (Å²) in [4.78, 5) is 70.5. The highest BCUT2D eigenvalue weighted by molar-refractivity contribution is 5.91. The second-order valence-corrected chi connectivity index (χ2v) is 14.5. The van der Waals surface area contributed by atoms with Crippen molar-refractivity contribution < 1.29 is 72.1 Å². The molecular weight excluding hydrogens is 847 g/mol. The van der Waals surface area contributed by atoms with E-state index >= 15 is 0 Å². The van der Waals surface area contributed by atoms with Crippen molar-refractivity contribution in [1.29, 1.82) is 0 Å². The summed E-state index contributed by atoms with van der Waals surface area (Å²) in [6, 6.07) is 38.8. The van der Waals surface area contributed by atoms with Gasteiger partial charge < -0.3 is 48.1 Å². The maximum atomic E-state index is 14.0. The summed E-state index contributed by atoms with van der Waals surface area (Å²) in [7, 11) is 0. The fraction of sp³-hybridized carbons (Fsp3) is 0.255. The molecular formula is C47H41N3O15. The minimum Gasteiger partial charge on any atom is -0.459 e. The number of ether oxygens (including phenoxy) is 8. The molecule has 0 spiro atoms. The minimum atomic E-state index is -1.99. The van der Waals surface area contributed by atoms with Gasteiger partial charge in [0.15, 0.2) is 30.8 Å². The summed E-state index contributed by atoms with van der Waals surface area (Å²) in [6.07, 6.45) is -18.0. The number of benzene rings is 5. The van der Waals surface area contributed by atoms with Crippen LogP contribution >= 0.6 is 0 Å². The Hall–Kier alpha value is -7.44. The van der Waals surface area contributed by atoms with Gasteiger partial charge in [-0.25, -0.2) is 24.0 Å². The van der Waals surface area contributed by atoms with Crippen LogP contribution in [0.4, 0.5) is 0 Å². The first kappa shape index (κ1) is 45.6. The van der Waals surface area contributed by atoms with Crippen molar-refractivity contribution in [3.05, 3.63) is 190 Å². The summed E-state index contributed by atoms with van der Waals surface area (Å²) in [5.74, 6) is -4.55. The smallest absolute Gasteiger partial charge is 0.338 e. The molecule has 2 fully saturated rings. The Morgan fingerprint density at radius 2 is 0.846 bits per heavy atom. The molecule has 10 atom stereocenters. The number of esters is 5. The Balaban J connectivity index is 1.29. The van der Waals surface area contributed by atoms with E-state index in [1.807, 2.05) is 0 Å². The van der Waals surface area contributed by atoms with Crippen LogP contribution in [0.25, 0.3) is 10.4 Å². The van der Waals surface area contributed by atoms with E-state index in [4.69, 9.17) is 37.9 Å². The molecule has 7 rings (SSSR count). The molecule has 2 N–H and O–H groups in total. The summed E-state index contributed by atoms with van der Waals surface area (Å²) in [6.45, 7) is -1.35. The van der Waals surface area contributed by atoms with Crippen molar-refractivity contribution in [2.45, 2.75) is 61.3 Å². The van der Waals surface area contributed by atoms with E-state index in [0.717, 1.165) is 0 Å². The number of aliphatic hydroxyl groups is 2. The zero-order valence-electron chi connectivity index (χ0n) is 34.2. The lowest BCUT2D eigenvalue weighted by Gasteiger charge is -2.47. The van der Waals surface area contributed by atoms with Crippen molar-refractivity contribution in [3.8, 4) is 0 Å². The first-order chi connectivity index (χ1) is 31.6. The Kier molecular flexibility index (Phi) is 15.3. The number of azide groups is 1. The van der Waals surface area contributed by atoms with Gasteiger partial charge in [0.25, 0.3) is 0 Å². The molecule has 0 aliphatic carbocycles. The summed E-state index contributed by atoms with van der Waals surface area (Å²) < 4.78 is 47.7. The van der Waals surface area contributed by atoms with Crippen LogP contribution in [0.15, 0.2) is 157 Å². The lowest BCUT2D eigenvalue weighted by atomic mass is 9.95. The molecule has 0 unspecified atom stereocenters. The van der Waals surface area contributed by atoms with Gasteiger partial charge in [0.1, 0.15) is 43.7 Å². The summed E-state index contributed by atoms with van der Waals surface area (Å²) in [5, 5.41) is 26.8. The molecule has 0 bridgehead atoms. The maximum Gasteiger partial charge on any atom is 0.338 e. The highest BCUT2D eigenvalue weighted by Crippen LogP contribution is 2.35. The topological polar surface area (TPSA) is 248 Å². The molecule has 334 valence electrons. The van der Waals surface area contributed by atoms with Gasteiger partial charge in [0.05, 0.1) is 27.8 Å². The maximum absolute atomic E-state index is 14.0. The Bertz CT molecular complexity index is 2440. The van der Waals surface area contributed by atoms with E-state index in [0.29, 0.717) is 0 Å². The van der Waals surface area contributed by atoms with E-state index in [9.17, 15) is 39.7 Å². The van der Waals surface area contributed by atoms with Crippen LogP contribution in [0.3, 0.4) is 0 Å². The number of hydrogen-bond acceptors (Lipinski definition) is 16. The SMILES string of the molecule is [N-]=[N+]=N[C@@H]1O[C@H](COC(=O)c2ccccc2)[C@@H](O[C@@H]2O[C@H](COC(=O)c3ccccc3)[C@H](O)[C@H](O)[C@H]2OC(=O)c2ccccc2)[C@H](OC(=O)c2ccccc2)[C@H]1OC(=O)c1ccccc1. The monoisotopic (exact) mass is 887 g/mol. The molecule has 2 heterocycles. The molecule has 2 aliphatic rings. The van der Waals surface area contributed by atoms with Crippen molar-refractivity contribution >= 4 is 29.8 Å². The van der Waals surface area contributed by atoms with Crippen LogP contribution < -0.4 is 0 Å². The van der Waals surface area contributed by atoms with Crippen LogP contribution in [0.2, 0.25) is 0 Å². The van der Waals surface area contributed by atoms with E-state index in [1.165, 1.54) is 60.7 Å². The van der Waals surface area contributed by atoms with Gasteiger partial charge in [0, 0.05) is 4.91 Å². The minimum absolute atomic E-state index is 0.0284. The lowest BCUT2D eigenvalue weighted by molar-refractivity contribution is -0.339. The second-order valence-electron chi connectivity index (χ2n) is 14.5. The van der Waals surface area contributed by atoms with E-state index < -0.39 is 104 Å². The third-order valence-electron chi connectivity index (χ3n) is 10.2. The van der Waals surface area contributed by atoms with Gasteiger partial charge in [-0.15, -0.1) is 0 Å². The van der Waals surface area contributed by atoms with Crippen LogP contribution in [0.5, 0.6) is 0 Å². The number of carbonyl (C=O) groups excluding carboxylic acids is 5. The summed E-state index contributed by atoms with van der Waals surface area (Å²) in [5.41, 5.74) is 10.2. The fourth-order valence-electron chi connectivity index (χ4n) is 6.96. The molecule has 18 nitrogen and oxygen atoms in total. The van der Waals surface area contributed by atoms with Gasteiger partial charge >= 0.3 is 29.8 Å². The van der Waals surface area contributed by atoms with Crippen LogP contribution in [-0.2, 0) is 37.9 Å². The molecule has 0 amide bonds. The van der Waals surface area contributed by atoms with Crippen molar-refractivity contribution in [1.82, 2.24) is 0 Å². The predicted octanol–water partition coefficient (Wildman–Crippen LogP) is 5.24. The van der Waals surface area contributed by atoms with Gasteiger partial charge in [0.2, 0.25) is 0 Å². The standard InChI is InChI=1S/C47H41N3O15/c48-50-49-41-40(64-46(57)32-24-14-5-15-25-32)39(63-45(56)31-22-12-4-13-23-31)37(34(60-41)27-59-43(54)29-18-8-2-9-19-29)65-47-38(62-44(55)30-20-10-3-11-21-30)36(52)35(51)33(61-47)26-58-42(53)28-16-6-1-7-17-28/h1-25,33-41,47,51-52H,26-27H2/t33-,34-,35+,36+,37-,38-,39+,40-,41-,47+/m1/s1. The molecule has 18 heteroatoms. The normalized spacial score (nSPS) is 24.8. The molecule has 0 saturated carbocycles. The van der Waals surface area contributed by atoms with Crippen molar-refractivity contribution in [2.24, 2.45) is 5.11 Å². The number of hydrogen-bond donors (Lipinski definition) is 2. The predicted molar refractivity (Wildman–Crippen MR) is 224 cm³/mol. The number of nitrogens with zero attached hydrogens (tertiary/aromatic N) is 3. The third kappa shape index (κ3) is 11.4. The molecule has 65 heavy (non-hydrogen) atoms. The first-order valence-corrected chi connectivity index (χ1v) is 20.2. The van der Waals surface area contributed by atoms with E-state index in [2.05, 4.69) is 10.0 Å². The van der Waals surface area contributed by atoms with Gasteiger partial charge in [-0.2, -0.15) is 0 Å². The first-order valence-electron chi connectivity index (χ1n) is 20.2. The molecule has 0 radical (unpaired) electrons. The fourth-order valence-corrected chi connectivity index (χ4v) is 6.96. The number of carbonyl (C=O) groups is 5. The van der Waals surface area contributed by atoms with Crippen molar-refractivity contribution in [2.75, 3.05) is 13.2 Å². The summed E-state index contributed by atoms with van der Waals surface area (Å²) >= 11 is 0. The Morgan fingerprint density at radius 3 is 1.26 bits per heavy atom. The zero-order chi connectivity index (χ0) is 45.7. The third-order valence-corrected chi connectivity index (χ3v) is 10.2. The Labute approximate surface area is 370 Å². The van der Waals surface area contributed by atoms with Crippen molar-refractivity contribution in [3.63, 3.8) is 0 Å². The number of rotatable bonds is 15. The second kappa shape index (κ2) is 21.8. The Morgan fingerprint density at radius 1 is 0.477 bits per heavy atom. The van der Waals surface area contributed by atoms with Crippen LogP contribution in [-0.4, -0.2) is 115 Å². The molecule has 0 aromatic heterocycles. The van der Waals surface area contributed by atoms with Crippen LogP contribution in [0.1, 0.15) is 51.8 Å². The largest absolute Gasteiger partial charge is 0.459 e. The van der Waals surface area contributed by atoms with Gasteiger partial charge in [-0.1, -0.05) is 96.1 Å². The van der Waals surface area contributed by atoms with Gasteiger partial charge in [-0.3, -0.25) is 0 Å². The highest BCUT2D eigenvalue weighted by Gasteiger charge is 2.56. The van der Waals surface area contributed by atoms with E-state index in [-0.39, 0.29) is 27.8 Å². The average Bonchev–Trinajstić information content (AvgIpc) is 3.35. The number of aliphatic hydroxyl groups excluding tert-OH is 2. The van der Waals surface area contributed by atoms with Crippen LogP contribution in [0, 0.1) is 0 Å². The molecule has 5 aromatic rings. The van der Waals surface area contributed by atoms with E-state index in [1.54, 1.807) is 91.0 Å². The molecule has 2 saturated heterocycles. The molecule has 2 aliphatic heterocycles. The zero-order valence-corrected chi connectivity index (χ0v) is 34.2. The van der Waals surface area contributed by atoms with Gasteiger partial charge in [-0.05, 0) is 66.2 Å². The quantitative estimate of drug-likeness (QED) is 0.0448. The lowest BCUT2D eigenvalue weighted by Crippen LogP contribution is -2.66. The molecule has 5 aromatic carbocycles. The highest BCUT2D eigenvalue weighted by atomic mass is 16.7. The average molecular weight is 888 g/mol.